The Bertz CT molecular complexity index is 3230. The van der Waals surface area contributed by atoms with E-state index in [0.29, 0.717) is 0 Å². The van der Waals surface area contributed by atoms with Gasteiger partial charge < -0.3 is 9.80 Å². The van der Waals surface area contributed by atoms with Crippen molar-refractivity contribution in [3.63, 3.8) is 0 Å². The van der Waals surface area contributed by atoms with Crippen LogP contribution < -0.4 is 9.80 Å². The highest BCUT2D eigenvalue weighted by molar-refractivity contribution is 5.99. The highest BCUT2D eigenvalue weighted by atomic mass is 15.2. The van der Waals surface area contributed by atoms with Crippen molar-refractivity contribution in [3.8, 4) is 33.4 Å². The average molecular weight is 847 g/mol. The van der Waals surface area contributed by atoms with E-state index in [-0.39, 0.29) is 6.04 Å². The van der Waals surface area contributed by atoms with Crippen LogP contribution >= 0.6 is 0 Å². The molecule has 11 rings (SSSR count). The summed E-state index contributed by atoms with van der Waals surface area (Å²) in [4.78, 5) is 4.90. The van der Waals surface area contributed by atoms with Crippen LogP contribution in [0.25, 0.3) is 49.7 Å². The van der Waals surface area contributed by atoms with Gasteiger partial charge in [0.1, 0.15) is 0 Å². The van der Waals surface area contributed by atoms with E-state index < -0.39 is 0 Å². The Kier molecular flexibility index (Phi) is 11.4. The Morgan fingerprint density at radius 3 is 1.55 bits per heavy atom. The average Bonchev–Trinajstić information content (AvgIpc) is 3.40. The fraction of sp³-hybridized carbons (Fsp3) is 0.0625. The molecule has 0 spiro atoms. The molecule has 0 heterocycles. The summed E-state index contributed by atoms with van der Waals surface area (Å²) in [6.45, 7) is 0. The molecule has 0 radical (unpaired) electrons. The number of rotatable bonds is 11. The van der Waals surface area contributed by atoms with Gasteiger partial charge in [0.2, 0.25) is 0 Å². The van der Waals surface area contributed by atoms with Crippen LogP contribution in [-0.2, 0) is 0 Å². The zero-order valence-corrected chi connectivity index (χ0v) is 36.9. The highest BCUT2D eigenvalue weighted by Gasteiger charge is 2.27. The number of allylic oxidation sites excluding steroid dienone is 6. The largest absolute Gasteiger partial charge is 0.334 e. The Hall–Kier alpha value is -8.20. The van der Waals surface area contributed by atoms with Gasteiger partial charge in [0.15, 0.2) is 0 Å². The third kappa shape index (κ3) is 8.33. The summed E-state index contributed by atoms with van der Waals surface area (Å²) < 4.78 is 0. The lowest BCUT2D eigenvalue weighted by Gasteiger charge is -2.36. The molecule has 2 aliphatic rings. The fourth-order valence-corrected chi connectivity index (χ4v) is 9.80. The van der Waals surface area contributed by atoms with Crippen molar-refractivity contribution in [2.75, 3.05) is 9.80 Å². The number of hydrogen-bond donors (Lipinski definition) is 0. The summed E-state index contributed by atoms with van der Waals surface area (Å²) >= 11 is 0. The maximum absolute atomic E-state index is 2.51. The summed E-state index contributed by atoms with van der Waals surface area (Å²) in [6, 6.07) is 83.8. The van der Waals surface area contributed by atoms with E-state index in [0.717, 1.165) is 36.3 Å². The maximum Gasteiger partial charge on any atom is 0.0566 e. The molecule has 0 N–H and O–H groups in total. The maximum atomic E-state index is 2.51. The second-order valence-corrected chi connectivity index (χ2v) is 17.2. The number of para-hydroxylation sites is 1. The van der Waals surface area contributed by atoms with Crippen molar-refractivity contribution in [1.29, 1.82) is 0 Å². The van der Waals surface area contributed by atoms with E-state index in [2.05, 4.69) is 271 Å². The van der Waals surface area contributed by atoms with Crippen molar-refractivity contribution < 1.29 is 0 Å². The number of fused-ring (bicyclic) bond motifs is 1. The van der Waals surface area contributed by atoms with Gasteiger partial charge in [-0.25, -0.2) is 0 Å². The zero-order valence-electron chi connectivity index (χ0n) is 36.9. The zero-order chi connectivity index (χ0) is 44.1. The Morgan fingerprint density at radius 1 is 0.409 bits per heavy atom. The smallest absolute Gasteiger partial charge is 0.0566 e. The monoisotopic (exact) mass is 846 g/mol. The molecule has 0 amide bonds. The van der Waals surface area contributed by atoms with Crippen LogP contribution in [0.3, 0.4) is 0 Å². The molecular formula is C64H50N2. The third-order valence-corrected chi connectivity index (χ3v) is 13.1. The predicted octanol–water partition coefficient (Wildman–Crippen LogP) is 17.5. The minimum atomic E-state index is 0.135. The van der Waals surface area contributed by atoms with Crippen molar-refractivity contribution in [2.24, 2.45) is 0 Å². The fourth-order valence-electron chi connectivity index (χ4n) is 9.80. The Balaban J connectivity index is 0.931. The summed E-state index contributed by atoms with van der Waals surface area (Å²) in [5, 5.41) is 2.43. The topological polar surface area (TPSA) is 6.48 Å². The summed E-state index contributed by atoms with van der Waals surface area (Å²) in [5.74, 6) is 0. The quantitative estimate of drug-likeness (QED) is 0.128. The molecule has 1 unspecified atom stereocenters. The van der Waals surface area contributed by atoms with Crippen LogP contribution in [0.2, 0.25) is 0 Å². The predicted molar refractivity (Wildman–Crippen MR) is 281 cm³/mol. The Labute approximate surface area is 389 Å². The minimum Gasteiger partial charge on any atom is -0.334 e. The summed E-state index contributed by atoms with van der Waals surface area (Å²) in [6.07, 6.45) is 14.7. The molecule has 0 fully saturated rings. The van der Waals surface area contributed by atoms with E-state index in [4.69, 9.17) is 0 Å². The lowest BCUT2D eigenvalue weighted by atomic mass is 9.82. The molecule has 0 saturated carbocycles. The van der Waals surface area contributed by atoms with E-state index >= 15 is 0 Å². The van der Waals surface area contributed by atoms with Crippen LogP contribution in [0.4, 0.5) is 28.4 Å². The first kappa shape index (κ1) is 40.6. The molecule has 316 valence electrons. The summed E-state index contributed by atoms with van der Waals surface area (Å²) in [7, 11) is 0. The molecule has 2 heteroatoms. The van der Waals surface area contributed by atoms with Gasteiger partial charge >= 0.3 is 0 Å². The first-order valence-corrected chi connectivity index (χ1v) is 23.1. The molecule has 2 aliphatic carbocycles. The van der Waals surface area contributed by atoms with Crippen LogP contribution in [0, 0.1) is 0 Å². The standard InChI is InChI=1S/C64H50N2/c1-5-17-47(18-6-1)49-31-37-57(38-32-49)65(56-27-11-4-12-28-56)60-43-44-61(63(46-60)53-21-9-3-10-22-53)55-26-15-25-54(45-55)51-35-41-59(42-36-51)66(64-30-16-24-52-23-13-14-29-62(52)64)58-39-33-50(34-40-58)48-19-7-2-8-20-48/h1-9,11-21,23-45,60H,10,22,46H2. The first-order valence-electron chi connectivity index (χ1n) is 23.1. The lowest BCUT2D eigenvalue weighted by Crippen LogP contribution is -2.31. The molecule has 0 aliphatic heterocycles. The molecule has 2 nitrogen and oxygen atoms in total. The second-order valence-electron chi connectivity index (χ2n) is 17.2. The SMILES string of the molecule is C1=CCCC(C2=C(c3cccc(-c4ccc(N(c5ccc(-c6ccccc6)cc5)c5cccc6ccccc56)cc4)c3)C=CC(N(c3ccccc3)c3ccc(-c4ccccc4)cc3)C2)=C1. The van der Waals surface area contributed by atoms with E-state index in [1.165, 1.54) is 77.8 Å². The van der Waals surface area contributed by atoms with Gasteiger partial charge in [0, 0.05) is 28.1 Å². The van der Waals surface area contributed by atoms with E-state index in [1.54, 1.807) is 0 Å². The molecule has 66 heavy (non-hydrogen) atoms. The van der Waals surface area contributed by atoms with Crippen LogP contribution in [-0.4, -0.2) is 6.04 Å². The van der Waals surface area contributed by atoms with Gasteiger partial charge in [-0.15, -0.1) is 0 Å². The van der Waals surface area contributed by atoms with Crippen molar-refractivity contribution in [3.05, 3.63) is 278 Å². The minimum absolute atomic E-state index is 0.135. The Morgan fingerprint density at radius 2 is 0.909 bits per heavy atom. The second kappa shape index (κ2) is 18.5. The van der Waals surface area contributed by atoms with Gasteiger partial charge in [-0.1, -0.05) is 200 Å². The van der Waals surface area contributed by atoms with Crippen molar-refractivity contribution in [1.82, 2.24) is 0 Å². The van der Waals surface area contributed by atoms with Gasteiger partial charge in [0.25, 0.3) is 0 Å². The normalized spacial score (nSPS) is 14.5. The number of nitrogens with zero attached hydrogens (tertiary/aromatic N) is 2. The number of benzene rings is 9. The van der Waals surface area contributed by atoms with Gasteiger partial charge in [-0.05, 0) is 141 Å². The third-order valence-electron chi connectivity index (χ3n) is 13.1. The van der Waals surface area contributed by atoms with Gasteiger partial charge in [-0.3, -0.25) is 0 Å². The molecule has 0 saturated heterocycles. The van der Waals surface area contributed by atoms with E-state index in [9.17, 15) is 0 Å². The molecule has 0 bridgehead atoms. The summed E-state index contributed by atoms with van der Waals surface area (Å²) in [5.41, 5.74) is 18.4. The number of hydrogen-bond acceptors (Lipinski definition) is 2. The molecule has 0 aromatic heterocycles. The first-order chi connectivity index (χ1) is 32.7. The molecule has 9 aromatic rings. The molecular weight excluding hydrogens is 797 g/mol. The van der Waals surface area contributed by atoms with Crippen molar-refractivity contribution in [2.45, 2.75) is 25.3 Å². The van der Waals surface area contributed by atoms with Crippen molar-refractivity contribution >= 4 is 44.8 Å². The van der Waals surface area contributed by atoms with Gasteiger partial charge in [0.05, 0.1) is 11.7 Å². The number of anilines is 5. The van der Waals surface area contributed by atoms with E-state index in [1.807, 2.05) is 0 Å². The molecule has 9 aromatic carbocycles. The van der Waals surface area contributed by atoms with Crippen LogP contribution in [0.5, 0.6) is 0 Å². The van der Waals surface area contributed by atoms with Crippen LogP contribution in [0.15, 0.2) is 272 Å². The van der Waals surface area contributed by atoms with Crippen LogP contribution in [0.1, 0.15) is 24.8 Å². The van der Waals surface area contributed by atoms with Gasteiger partial charge in [-0.2, -0.15) is 0 Å². The highest BCUT2D eigenvalue weighted by Crippen LogP contribution is 2.43. The molecule has 1 atom stereocenters. The lowest BCUT2D eigenvalue weighted by molar-refractivity contribution is 0.754.